The second kappa shape index (κ2) is 6.83. The summed E-state index contributed by atoms with van der Waals surface area (Å²) >= 11 is 0. The molecule has 6 nitrogen and oxygen atoms in total. The van der Waals surface area contributed by atoms with Gasteiger partial charge in [0.25, 0.3) is 11.8 Å². The summed E-state index contributed by atoms with van der Waals surface area (Å²) in [7, 11) is 0. The molecular weight excluding hydrogens is 368 g/mol. The zero-order chi connectivity index (χ0) is 19.3. The number of nitrogens with zero attached hydrogens (tertiary/aromatic N) is 3. The fourth-order valence-corrected chi connectivity index (χ4v) is 4.36. The quantitative estimate of drug-likeness (QED) is 0.770. The van der Waals surface area contributed by atoms with Crippen LogP contribution < -0.4 is 9.64 Å². The molecule has 0 radical (unpaired) electrons. The van der Waals surface area contributed by atoms with Gasteiger partial charge in [0.1, 0.15) is 11.4 Å². The highest BCUT2D eigenvalue weighted by atomic mass is 19.3. The summed E-state index contributed by atoms with van der Waals surface area (Å²) in [5, 5.41) is 0. The topological polar surface area (TPSA) is 54.9 Å². The maximum absolute atomic E-state index is 13.3. The van der Waals surface area contributed by atoms with Gasteiger partial charge in [-0.1, -0.05) is 0 Å². The largest absolute Gasteiger partial charge is 0.476 e. The van der Waals surface area contributed by atoms with Crippen LogP contribution in [0.2, 0.25) is 0 Å². The summed E-state index contributed by atoms with van der Waals surface area (Å²) < 4.78 is 38.2. The molecule has 0 N–H and O–H groups in total. The molecule has 3 aliphatic heterocycles. The van der Waals surface area contributed by atoms with Gasteiger partial charge in [0, 0.05) is 0 Å². The fraction of sp³-hybridized carbons (Fsp3) is 0.700. The number of amides is 1. The minimum Gasteiger partial charge on any atom is -0.476 e. The molecule has 5 rings (SSSR count). The number of pyridine rings is 1. The molecule has 1 aromatic heterocycles. The van der Waals surface area contributed by atoms with Crippen molar-refractivity contribution in [3.63, 3.8) is 0 Å². The number of ether oxygens (including phenoxy) is 2. The van der Waals surface area contributed by atoms with Crippen molar-refractivity contribution in [2.24, 2.45) is 5.92 Å². The van der Waals surface area contributed by atoms with Crippen LogP contribution in [0.15, 0.2) is 12.1 Å². The third kappa shape index (κ3) is 3.43. The monoisotopic (exact) mass is 393 g/mol. The molecule has 8 heteroatoms. The number of morpholine rings is 1. The molecule has 1 saturated carbocycles. The third-order valence-electron chi connectivity index (χ3n) is 6.11. The molecule has 1 amide bonds. The van der Waals surface area contributed by atoms with Crippen molar-refractivity contribution in [1.29, 1.82) is 0 Å². The number of rotatable bonds is 5. The van der Waals surface area contributed by atoms with Gasteiger partial charge in [0.15, 0.2) is 0 Å². The van der Waals surface area contributed by atoms with Crippen LogP contribution >= 0.6 is 0 Å². The number of carbonyl (C=O) groups is 1. The Bertz CT molecular complexity index is 741. The molecule has 2 atom stereocenters. The first-order valence-electron chi connectivity index (χ1n) is 10.2. The highest BCUT2D eigenvalue weighted by molar-refractivity contribution is 5.93. The predicted octanol–water partition coefficient (Wildman–Crippen LogP) is 2.72. The number of piperidine rings is 1. The van der Waals surface area contributed by atoms with Crippen molar-refractivity contribution in [1.82, 2.24) is 9.88 Å². The summed E-state index contributed by atoms with van der Waals surface area (Å²) in [6, 6.07) is 3.52. The number of alkyl halides is 2. The van der Waals surface area contributed by atoms with Crippen molar-refractivity contribution < 1.29 is 23.0 Å². The summed E-state index contributed by atoms with van der Waals surface area (Å²) in [6.07, 6.45) is 5.22. The van der Waals surface area contributed by atoms with Gasteiger partial charge >= 0.3 is 0 Å². The molecule has 3 saturated heterocycles. The number of halogens is 2. The minimum atomic E-state index is -2.67. The van der Waals surface area contributed by atoms with Crippen molar-refractivity contribution in [2.45, 2.75) is 50.1 Å². The van der Waals surface area contributed by atoms with Gasteiger partial charge in [0.2, 0.25) is 5.88 Å². The zero-order valence-corrected chi connectivity index (χ0v) is 15.8. The average Bonchev–Trinajstić information content (AvgIpc) is 3.47. The van der Waals surface area contributed by atoms with E-state index in [1.165, 1.54) is 0 Å². The third-order valence-corrected chi connectivity index (χ3v) is 6.11. The Hall–Kier alpha value is -1.96. The maximum atomic E-state index is 13.3. The van der Waals surface area contributed by atoms with E-state index in [1.807, 2.05) is 4.90 Å². The normalized spacial score (nSPS) is 28.6. The predicted molar refractivity (Wildman–Crippen MR) is 98.0 cm³/mol. The van der Waals surface area contributed by atoms with E-state index in [0.717, 1.165) is 32.1 Å². The van der Waals surface area contributed by atoms with E-state index >= 15 is 0 Å². The molecule has 0 spiro atoms. The lowest BCUT2D eigenvalue weighted by molar-refractivity contribution is -0.0568. The van der Waals surface area contributed by atoms with E-state index in [2.05, 4.69) is 4.98 Å². The van der Waals surface area contributed by atoms with Crippen molar-refractivity contribution in [3.8, 4) is 5.88 Å². The van der Waals surface area contributed by atoms with Crippen LogP contribution in [0, 0.1) is 5.92 Å². The summed E-state index contributed by atoms with van der Waals surface area (Å²) in [4.78, 5) is 21.2. The van der Waals surface area contributed by atoms with Crippen molar-refractivity contribution in [2.75, 3.05) is 37.8 Å². The molecule has 4 aliphatic rings. The maximum Gasteiger partial charge on any atom is 0.282 e. The average molecular weight is 393 g/mol. The van der Waals surface area contributed by atoms with Gasteiger partial charge in [-0.05, 0) is 50.2 Å². The van der Waals surface area contributed by atoms with E-state index in [1.54, 1.807) is 17.0 Å². The van der Waals surface area contributed by atoms with E-state index in [9.17, 15) is 13.6 Å². The highest BCUT2D eigenvalue weighted by Crippen LogP contribution is 2.38. The summed E-state index contributed by atoms with van der Waals surface area (Å²) in [5.41, 5.74) is 0.867. The first-order valence-corrected chi connectivity index (χ1v) is 10.2. The lowest BCUT2D eigenvalue weighted by Crippen LogP contribution is -2.57. The van der Waals surface area contributed by atoms with E-state index in [4.69, 9.17) is 9.47 Å². The van der Waals surface area contributed by atoms with E-state index < -0.39 is 5.92 Å². The van der Waals surface area contributed by atoms with Crippen LogP contribution in [0.25, 0.3) is 0 Å². The zero-order valence-electron chi connectivity index (χ0n) is 15.8. The first-order chi connectivity index (χ1) is 13.5. The number of aromatic nitrogens is 1. The number of carbonyl (C=O) groups excluding carboxylic acids is 1. The van der Waals surface area contributed by atoms with Gasteiger partial charge in [-0.3, -0.25) is 4.79 Å². The molecule has 2 unspecified atom stereocenters. The summed E-state index contributed by atoms with van der Waals surface area (Å²) in [6.45, 7) is 0.970. The van der Waals surface area contributed by atoms with Crippen LogP contribution in [0.3, 0.4) is 0 Å². The number of fused-ring (bicyclic) bond motifs is 2. The van der Waals surface area contributed by atoms with Crippen LogP contribution in [0.4, 0.5) is 14.5 Å². The Balaban J connectivity index is 1.39. The van der Waals surface area contributed by atoms with E-state index in [0.29, 0.717) is 43.0 Å². The first kappa shape index (κ1) is 18.1. The molecule has 1 aliphatic carbocycles. The van der Waals surface area contributed by atoms with Crippen LogP contribution in [0.5, 0.6) is 5.88 Å². The smallest absolute Gasteiger partial charge is 0.282 e. The molecule has 1 aromatic rings. The molecule has 4 heterocycles. The lowest BCUT2D eigenvalue weighted by atomic mass is 9.94. The Morgan fingerprint density at radius 1 is 1.18 bits per heavy atom. The Morgan fingerprint density at radius 2 is 1.89 bits per heavy atom. The fourth-order valence-electron chi connectivity index (χ4n) is 4.36. The number of anilines is 1. The van der Waals surface area contributed by atoms with Gasteiger partial charge < -0.3 is 19.3 Å². The standard InChI is InChI=1S/C20H25F2N3O3/c21-20(22)11-24(12-20)17-7-6-16(23-18(17)28-8-13-4-5-13)19(26)25-14-2-1-3-15(25)10-27-9-14/h6-7,13-15H,1-5,8-12H2. The van der Waals surface area contributed by atoms with E-state index in [-0.39, 0.29) is 31.1 Å². The molecule has 28 heavy (non-hydrogen) atoms. The Morgan fingerprint density at radius 3 is 2.54 bits per heavy atom. The van der Waals surface area contributed by atoms with Gasteiger partial charge in [0.05, 0.1) is 45.0 Å². The molecule has 4 fully saturated rings. The molecule has 0 aromatic carbocycles. The van der Waals surface area contributed by atoms with Gasteiger partial charge in [-0.15, -0.1) is 0 Å². The second-order valence-electron chi connectivity index (χ2n) is 8.48. The molecule has 152 valence electrons. The van der Waals surface area contributed by atoms with Crippen LogP contribution in [0.1, 0.15) is 42.6 Å². The number of hydrogen-bond acceptors (Lipinski definition) is 5. The van der Waals surface area contributed by atoms with Crippen molar-refractivity contribution in [3.05, 3.63) is 17.8 Å². The van der Waals surface area contributed by atoms with Gasteiger partial charge in [-0.2, -0.15) is 0 Å². The van der Waals surface area contributed by atoms with Crippen molar-refractivity contribution >= 4 is 11.6 Å². The summed E-state index contributed by atoms with van der Waals surface area (Å²) in [5.74, 6) is -1.99. The van der Waals surface area contributed by atoms with Crippen LogP contribution in [-0.2, 0) is 4.74 Å². The lowest BCUT2D eigenvalue weighted by Gasteiger charge is -2.45. The minimum absolute atomic E-state index is 0.0892. The molecule has 2 bridgehead atoms. The van der Waals surface area contributed by atoms with Crippen LogP contribution in [-0.4, -0.2) is 66.7 Å². The number of hydrogen-bond donors (Lipinski definition) is 0. The highest BCUT2D eigenvalue weighted by Gasteiger charge is 2.45. The second-order valence-corrected chi connectivity index (χ2v) is 8.48. The van der Waals surface area contributed by atoms with Gasteiger partial charge in [-0.25, -0.2) is 13.8 Å². The Labute approximate surface area is 162 Å². The molecular formula is C20H25F2N3O3. The SMILES string of the molecule is O=C(c1ccc(N2CC(F)(F)C2)c(OCC2CC2)n1)N1C2CCCC1COC2. The Kier molecular flexibility index (Phi) is 4.41.